The molecule has 1 aliphatic rings. The number of pyridine rings is 4. The number of nitrogens with one attached hydrogen (secondary N) is 1. The molecule has 0 radical (unpaired) electrons. The third-order valence-corrected chi connectivity index (χ3v) is 8.39. The van der Waals surface area contributed by atoms with Crippen molar-refractivity contribution in [1.82, 2.24) is 19.9 Å². The van der Waals surface area contributed by atoms with Gasteiger partial charge in [-0.2, -0.15) is 0 Å². The summed E-state index contributed by atoms with van der Waals surface area (Å²) in [5.74, 6) is 0. The zero-order chi connectivity index (χ0) is 31.0. The van der Waals surface area contributed by atoms with Crippen molar-refractivity contribution < 1.29 is 0 Å². The summed E-state index contributed by atoms with van der Waals surface area (Å²) in [5.41, 5.74) is 18.7. The maximum Gasteiger partial charge on any atom is 0.0900 e. The van der Waals surface area contributed by atoms with Crippen LogP contribution in [0.5, 0.6) is 0 Å². The van der Waals surface area contributed by atoms with Crippen LogP contribution in [0.15, 0.2) is 140 Å². The Hall–Kier alpha value is -6.11. The van der Waals surface area contributed by atoms with Crippen LogP contribution < -0.4 is 5.73 Å². The number of para-hydroxylation sites is 1. The lowest BCUT2D eigenvalue weighted by Crippen LogP contribution is -2.31. The Morgan fingerprint density at radius 3 is 1.67 bits per heavy atom. The quantitative estimate of drug-likeness (QED) is 0.209. The zero-order valence-electron chi connectivity index (χ0n) is 24.8. The molecule has 0 amide bonds. The Balaban J connectivity index is 1.14. The van der Waals surface area contributed by atoms with Crippen molar-refractivity contribution in [2.24, 2.45) is 5.73 Å². The summed E-state index contributed by atoms with van der Waals surface area (Å²) in [7, 11) is 0. The molecule has 218 valence electrons. The first-order valence-electron chi connectivity index (χ1n) is 15.1. The molecule has 0 saturated heterocycles. The molecule has 1 atom stereocenters. The molecule has 4 aromatic heterocycles. The number of nitrogens with two attached hydrogens (primary N) is 1. The van der Waals surface area contributed by atoms with Gasteiger partial charge in [-0.05, 0) is 64.7 Å². The minimum Gasteiger partial charge on any atom is -0.319 e. The average Bonchev–Trinajstić information content (AvgIpc) is 3.13. The molecule has 8 rings (SSSR count). The third kappa shape index (κ3) is 4.97. The van der Waals surface area contributed by atoms with Gasteiger partial charge >= 0.3 is 0 Å². The fourth-order valence-electron chi connectivity index (χ4n) is 6.03. The molecule has 46 heavy (non-hydrogen) atoms. The van der Waals surface area contributed by atoms with Crippen LogP contribution in [0.1, 0.15) is 11.1 Å². The molecular weight excluding hydrogens is 564 g/mol. The van der Waals surface area contributed by atoms with Crippen molar-refractivity contribution in [2.75, 3.05) is 0 Å². The monoisotopic (exact) mass is 592 g/mol. The summed E-state index contributed by atoms with van der Waals surface area (Å²) < 4.78 is 0. The lowest BCUT2D eigenvalue weighted by Gasteiger charge is -2.22. The van der Waals surface area contributed by atoms with Gasteiger partial charge in [0.25, 0.3) is 0 Å². The van der Waals surface area contributed by atoms with Gasteiger partial charge in [-0.25, -0.2) is 9.97 Å². The highest BCUT2D eigenvalue weighted by Crippen LogP contribution is 2.36. The molecule has 3 aromatic carbocycles. The van der Waals surface area contributed by atoms with E-state index in [1.54, 1.807) is 12.4 Å². The lowest BCUT2D eigenvalue weighted by molar-refractivity contribution is 1.06. The first-order chi connectivity index (χ1) is 22.6. The molecule has 0 saturated carbocycles. The van der Waals surface area contributed by atoms with Gasteiger partial charge in [0.15, 0.2) is 0 Å². The fourth-order valence-corrected chi connectivity index (χ4v) is 6.03. The van der Waals surface area contributed by atoms with Crippen LogP contribution in [-0.4, -0.2) is 31.7 Å². The Morgan fingerprint density at radius 2 is 1.09 bits per heavy atom. The summed E-state index contributed by atoms with van der Waals surface area (Å²) in [4.78, 5) is 19.0. The molecule has 0 spiro atoms. The average molecular weight is 593 g/mol. The molecule has 7 aromatic rings. The molecule has 1 aliphatic carbocycles. The molecule has 4 heterocycles. The Morgan fingerprint density at radius 1 is 0.543 bits per heavy atom. The van der Waals surface area contributed by atoms with Gasteiger partial charge in [-0.1, -0.05) is 91.0 Å². The van der Waals surface area contributed by atoms with Crippen molar-refractivity contribution >= 4 is 22.7 Å². The second kappa shape index (κ2) is 11.4. The number of hydrogen-bond donors (Lipinski definition) is 2. The molecule has 1 unspecified atom stereocenters. The highest BCUT2D eigenvalue weighted by atomic mass is 14.8. The Labute approximate surface area is 266 Å². The van der Waals surface area contributed by atoms with E-state index < -0.39 is 6.04 Å². The van der Waals surface area contributed by atoms with Crippen LogP contribution in [0.2, 0.25) is 0 Å². The molecule has 3 N–H and O–H groups in total. The van der Waals surface area contributed by atoms with Gasteiger partial charge in [0.2, 0.25) is 0 Å². The second-order valence-electron chi connectivity index (χ2n) is 11.3. The van der Waals surface area contributed by atoms with Gasteiger partial charge in [0.05, 0.1) is 45.7 Å². The maximum absolute atomic E-state index is 8.74. The van der Waals surface area contributed by atoms with Crippen LogP contribution in [-0.2, 0) is 0 Å². The van der Waals surface area contributed by atoms with E-state index in [1.807, 2.05) is 72.8 Å². The summed E-state index contributed by atoms with van der Waals surface area (Å²) in [6.45, 7) is 0. The normalized spacial score (nSPS) is 13.9. The standard InChI is InChI=1S/C40H28N6/c41-32-20-19-31-38(39(32)42)30-7-1-2-8-33(30)46-40(31)28-17-15-26(16-18-28)25-11-13-27(14-12-25)29-23-36(34-9-3-5-21-43-34)45-37(24-29)35-10-4-6-22-44-35/h1-24,32,42H,41H2. The number of fused-ring (bicyclic) bond motifs is 3. The molecule has 0 aliphatic heterocycles. The molecule has 0 bridgehead atoms. The van der Waals surface area contributed by atoms with E-state index in [9.17, 15) is 0 Å². The van der Waals surface area contributed by atoms with Crippen molar-refractivity contribution in [3.63, 3.8) is 0 Å². The third-order valence-electron chi connectivity index (χ3n) is 8.39. The first-order valence-corrected chi connectivity index (χ1v) is 15.1. The second-order valence-corrected chi connectivity index (χ2v) is 11.3. The number of hydrogen-bond acceptors (Lipinski definition) is 6. The largest absolute Gasteiger partial charge is 0.319 e. The van der Waals surface area contributed by atoms with Crippen LogP contribution in [0.25, 0.3) is 73.3 Å². The summed E-state index contributed by atoms with van der Waals surface area (Å²) in [6, 6.07) is 40.4. The van der Waals surface area contributed by atoms with E-state index in [4.69, 9.17) is 21.1 Å². The van der Waals surface area contributed by atoms with E-state index in [1.165, 1.54) is 0 Å². The molecular formula is C40H28N6. The van der Waals surface area contributed by atoms with E-state index in [0.29, 0.717) is 5.71 Å². The van der Waals surface area contributed by atoms with Gasteiger partial charge in [0, 0.05) is 34.5 Å². The Bertz CT molecular complexity index is 2200. The smallest absolute Gasteiger partial charge is 0.0900 e. The number of aromatic nitrogens is 4. The summed E-state index contributed by atoms with van der Waals surface area (Å²) in [6.07, 6.45) is 7.46. The van der Waals surface area contributed by atoms with Crippen molar-refractivity contribution in [1.29, 1.82) is 5.41 Å². The highest BCUT2D eigenvalue weighted by molar-refractivity contribution is 6.17. The van der Waals surface area contributed by atoms with Crippen molar-refractivity contribution in [3.05, 3.63) is 151 Å². The summed E-state index contributed by atoms with van der Waals surface area (Å²) >= 11 is 0. The minimum atomic E-state index is -0.424. The number of rotatable bonds is 5. The number of nitrogens with zero attached hydrogens (tertiary/aromatic N) is 4. The molecule has 6 nitrogen and oxygen atoms in total. The van der Waals surface area contributed by atoms with E-state index in [2.05, 4.69) is 70.6 Å². The van der Waals surface area contributed by atoms with E-state index in [0.717, 1.165) is 78.3 Å². The molecule has 0 fully saturated rings. The van der Waals surface area contributed by atoms with E-state index >= 15 is 0 Å². The SMILES string of the molecule is N=C1c2c(c(-c3ccc(-c4ccc(-c5cc(-c6ccccn6)nc(-c6ccccn6)c5)cc4)cc3)nc3ccccc23)C=CC1N. The van der Waals surface area contributed by atoms with Gasteiger partial charge in [-0.3, -0.25) is 9.97 Å². The minimum absolute atomic E-state index is 0.419. The summed E-state index contributed by atoms with van der Waals surface area (Å²) in [5, 5.41) is 9.70. The molecule has 6 heteroatoms. The predicted octanol–water partition coefficient (Wildman–Crippen LogP) is 8.48. The maximum atomic E-state index is 8.74. The Kier molecular flexibility index (Phi) is 6.82. The number of benzene rings is 3. The van der Waals surface area contributed by atoms with Gasteiger partial charge in [-0.15, -0.1) is 0 Å². The predicted molar refractivity (Wildman–Crippen MR) is 186 cm³/mol. The van der Waals surface area contributed by atoms with E-state index in [-0.39, 0.29) is 0 Å². The topological polar surface area (TPSA) is 101 Å². The van der Waals surface area contributed by atoms with Crippen molar-refractivity contribution in [3.8, 4) is 56.3 Å². The van der Waals surface area contributed by atoms with Crippen LogP contribution >= 0.6 is 0 Å². The zero-order valence-corrected chi connectivity index (χ0v) is 24.8. The van der Waals surface area contributed by atoms with Crippen LogP contribution in [0, 0.1) is 5.41 Å². The first kappa shape index (κ1) is 27.4. The van der Waals surface area contributed by atoms with Crippen LogP contribution in [0.4, 0.5) is 0 Å². The van der Waals surface area contributed by atoms with Crippen LogP contribution in [0.3, 0.4) is 0 Å². The van der Waals surface area contributed by atoms with Gasteiger partial charge < -0.3 is 11.1 Å². The highest BCUT2D eigenvalue weighted by Gasteiger charge is 2.23. The lowest BCUT2D eigenvalue weighted by atomic mass is 9.87. The van der Waals surface area contributed by atoms with Crippen molar-refractivity contribution in [2.45, 2.75) is 6.04 Å². The van der Waals surface area contributed by atoms with Gasteiger partial charge in [0.1, 0.15) is 0 Å². The fraction of sp³-hybridized carbons (Fsp3) is 0.0250.